The van der Waals surface area contributed by atoms with Crippen LogP contribution in [-0.4, -0.2) is 9.36 Å². The van der Waals surface area contributed by atoms with Crippen LogP contribution in [0.5, 0.6) is 0 Å². The summed E-state index contributed by atoms with van der Waals surface area (Å²) in [6.45, 7) is 4.18. The van der Waals surface area contributed by atoms with Gasteiger partial charge in [0.15, 0.2) is 0 Å². The van der Waals surface area contributed by atoms with Gasteiger partial charge in [-0.1, -0.05) is 17.7 Å². The van der Waals surface area contributed by atoms with Gasteiger partial charge in [0.05, 0.1) is 21.2 Å². The molecule has 0 saturated carbocycles. The Morgan fingerprint density at radius 1 is 0.900 bits per heavy atom. The van der Waals surface area contributed by atoms with E-state index in [4.69, 9.17) is 0 Å². The molecule has 2 aromatic heterocycles. The van der Waals surface area contributed by atoms with Crippen LogP contribution >= 0.6 is 22.9 Å². The van der Waals surface area contributed by atoms with Crippen LogP contribution in [0.25, 0.3) is 21.1 Å². The lowest BCUT2D eigenvalue weighted by Gasteiger charge is -1.88. The van der Waals surface area contributed by atoms with Gasteiger partial charge < -0.3 is 0 Å². The molecule has 20 heavy (non-hydrogen) atoms. The number of aromatic nitrogens is 2. The van der Waals surface area contributed by atoms with E-state index in [0.717, 1.165) is 11.0 Å². The number of hydrogen-bond acceptors (Lipinski definition) is 4. The summed E-state index contributed by atoms with van der Waals surface area (Å²) in [5, 5.41) is 3.33. The predicted molar refractivity (Wildman–Crippen MR) is 88.7 cm³/mol. The molecule has 4 heteroatoms. The molecule has 0 aliphatic carbocycles. The fraction of sp³-hybridized carbons (Fsp3) is 0.125. The molecule has 100 valence electrons. The fourth-order valence-electron chi connectivity index (χ4n) is 1.96. The highest BCUT2D eigenvalue weighted by molar-refractivity contribution is 7.16. The van der Waals surface area contributed by atoms with Gasteiger partial charge in [0.2, 0.25) is 0 Å². The maximum absolute atomic E-state index is 4.20. The molecule has 0 saturated heterocycles. The summed E-state index contributed by atoms with van der Waals surface area (Å²) < 4.78 is 5.47. The smallest absolute Gasteiger partial charge is 0.0840 e. The molecule has 4 aromatic rings. The molecule has 2 nitrogen and oxygen atoms in total. The van der Waals surface area contributed by atoms with E-state index >= 15 is 0 Å². The third kappa shape index (κ3) is 2.86. The predicted octanol–water partition coefficient (Wildman–Crippen LogP) is 5.21. The van der Waals surface area contributed by atoms with Crippen molar-refractivity contribution in [1.82, 2.24) is 9.36 Å². The Hall–Kier alpha value is -1.78. The van der Waals surface area contributed by atoms with Gasteiger partial charge in [-0.2, -0.15) is 4.37 Å². The lowest BCUT2D eigenvalue weighted by Crippen LogP contribution is -1.69. The molecule has 0 N–H and O–H groups in total. The van der Waals surface area contributed by atoms with Gasteiger partial charge in [0.1, 0.15) is 0 Å². The van der Waals surface area contributed by atoms with Gasteiger partial charge in [-0.25, -0.2) is 4.98 Å². The largest absolute Gasteiger partial charge is 0.245 e. The number of fused-ring (bicyclic) bond motifs is 2. The first-order valence-corrected chi connectivity index (χ1v) is 8.04. The summed E-state index contributed by atoms with van der Waals surface area (Å²) in [7, 11) is 0. The Morgan fingerprint density at radius 3 is 2.60 bits per heavy atom. The maximum Gasteiger partial charge on any atom is 0.0840 e. The van der Waals surface area contributed by atoms with Crippen molar-refractivity contribution in [3.63, 3.8) is 0 Å². The maximum atomic E-state index is 4.20. The van der Waals surface area contributed by atoms with Gasteiger partial charge in [-0.15, -0.1) is 11.3 Å². The highest BCUT2D eigenvalue weighted by Crippen LogP contribution is 2.18. The Bertz CT molecular complexity index is 774. The molecule has 2 aromatic carbocycles. The van der Waals surface area contributed by atoms with Crippen molar-refractivity contribution < 1.29 is 0 Å². The van der Waals surface area contributed by atoms with Crippen molar-refractivity contribution >= 4 is 44.0 Å². The first kappa shape index (κ1) is 13.2. The van der Waals surface area contributed by atoms with Gasteiger partial charge in [-0.05, 0) is 55.2 Å². The van der Waals surface area contributed by atoms with E-state index in [1.54, 1.807) is 11.3 Å². The molecule has 0 aliphatic rings. The van der Waals surface area contributed by atoms with Crippen molar-refractivity contribution in [2.45, 2.75) is 13.8 Å². The molecule has 0 fully saturated rings. The highest BCUT2D eigenvalue weighted by Gasteiger charge is 1.94. The minimum Gasteiger partial charge on any atom is -0.245 e. The summed E-state index contributed by atoms with van der Waals surface area (Å²) in [6, 6.07) is 12.6. The number of benzene rings is 2. The molecule has 0 spiro atoms. The number of hydrogen-bond donors (Lipinski definition) is 0. The lowest BCUT2D eigenvalue weighted by atomic mass is 10.2. The summed E-state index contributed by atoms with van der Waals surface area (Å²) in [6.07, 6.45) is 0. The van der Waals surface area contributed by atoms with Crippen LogP contribution in [0.3, 0.4) is 0 Å². The molecule has 0 atom stereocenters. The van der Waals surface area contributed by atoms with Crippen molar-refractivity contribution in [2.75, 3.05) is 0 Å². The Morgan fingerprint density at radius 2 is 1.70 bits per heavy atom. The van der Waals surface area contributed by atoms with Crippen LogP contribution in [0.2, 0.25) is 0 Å². The van der Waals surface area contributed by atoms with E-state index in [1.165, 1.54) is 32.7 Å². The molecular weight excluding hydrogens is 284 g/mol. The van der Waals surface area contributed by atoms with Crippen molar-refractivity contribution in [1.29, 1.82) is 0 Å². The standard InChI is InChI=1S/2C8H7NS/c1-6-2-3-8-7(4-6)9-5-10-8;1-6-2-3-8-7(4-6)5-10-9-8/h2*2-5H,1H3. The van der Waals surface area contributed by atoms with Gasteiger partial charge in [0.25, 0.3) is 0 Å². The van der Waals surface area contributed by atoms with E-state index in [0.29, 0.717) is 0 Å². The van der Waals surface area contributed by atoms with E-state index < -0.39 is 0 Å². The SMILES string of the molecule is Cc1ccc2nscc2c1.Cc1ccc2scnc2c1. The van der Waals surface area contributed by atoms with Crippen molar-refractivity contribution in [2.24, 2.45) is 0 Å². The van der Waals surface area contributed by atoms with Gasteiger partial charge >= 0.3 is 0 Å². The van der Waals surface area contributed by atoms with Crippen LogP contribution in [0.4, 0.5) is 0 Å². The molecule has 0 unspecified atom stereocenters. The molecule has 0 aliphatic heterocycles. The van der Waals surface area contributed by atoms with Crippen LogP contribution in [0, 0.1) is 13.8 Å². The highest BCUT2D eigenvalue weighted by atomic mass is 32.1. The zero-order valence-electron chi connectivity index (χ0n) is 11.3. The minimum atomic E-state index is 1.11. The number of rotatable bonds is 0. The summed E-state index contributed by atoms with van der Waals surface area (Å²) in [5.41, 5.74) is 6.68. The number of nitrogens with zero attached hydrogens (tertiary/aromatic N) is 2. The van der Waals surface area contributed by atoms with E-state index in [2.05, 4.69) is 65.0 Å². The minimum absolute atomic E-state index is 1.11. The second-order valence-electron chi connectivity index (χ2n) is 4.70. The first-order valence-electron chi connectivity index (χ1n) is 6.33. The molecule has 2 heterocycles. The van der Waals surface area contributed by atoms with Crippen molar-refractivity contribution in [3.8, 4) is 0 Å². The second kappa shape index (κ2) is 5.69. The Labute approximate surface area is 125 Å². The fourth-order valence-corrected chi connectivity index (χ4v) is 3.25. The third-order valence-corrected chi connectivity index (χ3v) is 4.47. The molecular formula is C16H14N2S2. The number of aryl methyl sites for hydroxylation is 2. The second-order valence-corrected chi connectivity index (χ2v) is 6.22. The normalized spacial score (nSPS) is 10.5. The summed E-state index contributed by atoms with van der Waals surface area (Å²) >= 11 is 3.20. The molecule has 0 radical (unpaired) electrons. The quantitative estimate of drug-likeness (QED) is 0.445. The molecule has 4 rings (SSSR count). The third-order valence-electron chi connectivity index (χ3n) is 3.00. The first-order chi connectivity index (χ1) is 9.72. The Balaban J connectivity index is 0.000000121. The zero-order chi connectivity index (χ0) is 13.9. The van der Waals surface area contributed by atoms with Crippen LogP contribution < -0.4 is 0 Å². The lowest BCUT2D eigenvalue weighted by molar-refractivity contribution is 1.45. The molecule has 0 amide bonds. The van der Waals surface area contributed by atoms with E-state index in [9.17, 15) is 0 Å². The topological polar surface area (TPSA) is 25.8 Å². The van der Waals surface area contributed by atoms with Crippen LogP contribution in [-0.2, 0) is 0 Å². The van der Waals surface area contributed by atoms with Gasteiger partial charge in [0, 0.05) is 10.8 Å². The summed E-state index contributed by atoms with van der Waals surface area (Å²) in [5.74, 6) is 0. The molecule has 0 bridgehead atoms. The monoisotopic (exact) mass is 298 g/mol. The van der Waals surface area contributed by atoms with E-state index in [1.807, 2.05) is 5.51 Å². The van der Waals surface area contributed by atoms with Gasteiger partial charge in [-0.3, -0.25) is 0 Å². The number of thiazole rings is 1. The average Bonchev–Trinajstić information content (AvgIpc) is 3.06. The average molecular weight is 298 g/mol. The zero-order valence-corrected chi connectivity index (χ0v) is 13.0. The Kier molecular flexibility index (Phi) is 3.76. The van der Waals surface area contributed by atoms with Crippen LogP contribution in [0.1, 0.15) is 11.1 Å². The van der Waals surface area contributed by atoms with Crippen LogP contribution in [0.15, 0.2) is 47.3 Å². The van der Waals surface area contributed by atoms with E-state index in [-0.39, 0.29) is 0 Å². The van der Waals surface area contributed by atoms with Crippen molar-refractivity contribution in [3.05, 3.63) is 58.4 Å². The summed E-state index contributed by atoms with van der Waals surface area (Å²) in [4.78, 5) is 4.20.